The number of nitrogens with one attached hydrogen (secondary N) is 1. The number of aliphatic hydroxyl groups excluding tert-OH is 2. The normalized spacial score (nSPS) is 12.6. The van der Waals surface area contributed by atoms with Gasteiger partial charge in [0.15, 0.2) is 0 Å². The predicted octanol–water partition coefficient (Wildman–Crippen LogP) is 26.7. The van der Waals surface area contributed by atoms with Crippen molar-refractivity contribution in [2.75, 3.05) is 6.61 Å². The van der Waals surface area contributed by atoms with E-state index >= 15 is 0 Å². The highest BCUT2D eigenvalue weighted by molar-refractivity contribution is 5.76. The minimum absolute atomic E-state index is 0.0519. The van der Waals surface area contributed by atoms with E-state index in [-0.39, 0.29) is 12.5 Å². The zero-order valence-electron chi connectivity index (χ0n) is 56.8. The van der Waals surface area contributed by atoms with Gasteiger partial charge in [-0.25, -0.2) is 0 Å². The highest BCUT2D eigenvalue weighted by atomic mass is 16.3. The van der Waals surface area contributed by atoms with Crippen LogP contribution in [0.4, 0.5) is 0 Å². The molecule has 0 fully saturated rings. The fourth-order valence-corrected chi connectivity index (χ4v) is 12.9. The van der Waals surface area contributed by atoms with Crippen LogP contribution in [-0.2, 0) is 4.79 Å². The number of carbonyl (C=O) groups is 1. The minimum Gasteiger partial charge on any atom is -0.394 e. The van der Waals surface area contributed by atoms with E-state index in [2.05, 4.69) is 19.2 Å². The Balaban J connectivity index is 3.36. The Hall–Kier alpha value is -0.870. The summed E-state index contributed by atoms with van der Waals surface area (Å²) in [4.78, 5) is 12.6. The molecule has 4 heteroatoms. The highest BCUT2D eigenvalue weighted by Gasteiger charge is 2.18. The number of amides is 1. The van der Waals surface area contributed by atoms with Crippen LogP contribution in [0.5, 0.6) is 0 Å². The average Bonchev–Trinajstić information content (AvgIpc) is 3.50. The van der Waals surface area contributed by atoms with Gasteiger partial charge in [-0.2, -0.15) is 0 Å². The van der Waals surface area contributed by atoms with Crippen LogP contribution in [0.2, 0.25) is 0 Å². The molecule has 1 amide bonds. The molecule has 0 heterocycles. The monoisotopic (exact) mass is 1150 g/mol. The van der Waals surface area contributed by atoms with Crippen LogP contribution in [0.1, 0.15) is 463 Å². The molecule has 4 nitrogen and oxygen atoms in total. The first-order valence-electron chi connectivity index (χ1n) is 38.9. The Kier molecular flexibility index (Phi) is 73.6. The zero-order valence-corrected chi connectivity index (χ0v) is 56.8. The van der Waals surface area contributed by atoms with Gasteiger partial charge in [-0.05, 0) is 19.3 Å². The van der Waals surface area contributed by atoms with Crippen LogP contribution < -0.4 is 5.32 Å². The van der Waals surface area contributed by atoms with Gasteiger partial charge in [-0.1, -0.05) is 450 Å². The first-order valence-corrected chi connectivity index (χ1v) is 38.9. The number of carbonyl (C=O) groups excluding carboxylic acids is 1. The second kappa shape index (κ2) is 74.4. The molecule has 2 atom stereocenters. The molecule has 0 bridgehead atoms. The molecule has 82 heavy (non-hydrogen) atoms. The fourth-order valence-electron chi connectivity index (χ4n) is 12.9. The van der Waals surface area contributed by atoms with E-state index in [1.807, 2.05) is 6.08 Å². The maximum Gasteiger partial charge on any atom is 0.220 e. The summed E-state index contributed by atoms with van der Waals surface area (Å²) in [6.07, 6.45) is 101. The van der Waals surface area contributed by atoms with Gasteiger partial charge >= 0.3 is 0 Å². The van der Waals surface area contributed by atoms with Gasteiger partial charge in [-0.15, -0.1) is 0 Å². The van der Waals surface area contributed by atoms with Crippen LogP contribution in [0.3, 0.4) is 0 Å². The number of unbranched alkanes of at least 4 members (excludes halogenated alkanes) is 67. The van der Waals surface area contributed by atoms with Crippen molar-refractivity contribution in [2.24, 2.45) is 0 Å². The smallest absolute Gasteiger partial charge is 0.220 e. The third-order valence-corrected chi connectivity index (χ3v) is 18.8. The molecule has 0 aromatic heterocycles. The van der Waals surface area contributed by atoms with Gasteiger partial charge in [-0.3, -0.25) is 4.79 Å². The van der Waals surface area contributed by atoms with Crippen molar-refractivity contribution < 1.29 is 15.0 Å². The van der Waals surface area contributed by atoms with Crippen LogP contribution in [-0.4, -0.2) is 34.9 Å². The number of allylic oxidation sites excluding steroid dienone is 1. The summed E-state index contributed by atoms with van der Waals surface area (Å²) < 4.78 is 0. The summed E-state index contributed by atoms with van der Waals surface area (Å²) in [5.41, 5.74) is 0. The lowest BCUT2D eigenvalue weighted by Gasteiger charge is -2.20. The molecule has 0 aromatic rings. The molecule has 3 N–H and O–H groups in total. The minimum atomic E-state index is -0.838. The number of rotatable bonds is 74. The Bertz CT molecular complexity index is 1170. The average molecular weight is 1160 g/mol. The lowest BCUT2D eigenvalue weighted by Crippen LogP contribution is -2.45. The number of aliphatic hydroxyl groups is 2. The lowest BCUT2D eigenvalue weighted by molar-refractivity contribution is -0.123. The maximum absolute atomic E-state index is 12.6. The van der Waals surface area contributed by atoms with Crippen molar-refractivity contribution >= 4 is 5.91 Å². The van der Waals surface area contributed by atoms with Crippen molar-refractivity contribution in [3.63, 3.8) is 0 Å². The van der Waals surface area contributed by atoms with E-state index in [0.29, 0.717) is 6.42 Å². The van der Waals surface area contributed by atoms with E-state index < -0.39 is 12.1 Å². The standard InChI is InChI=1S/C78H155NO3/c1-3-5-7-9-11-13-15-17-19-21-23-25-27-29-31-33-35-37-38-39-40-41-42-44-46-48-50-52-54-56-58-60-62-64-66-68-70-72-74-78(82)79-76(75-80)77(81)73-71-69-67-65-63-61-59-57-55-53-51-49-47-45-43-36-34-32-30-28-26-24-22-20-18-16-14-12-10-8-6-4-2/h71,73,76-77,80-81H,3-70,72,74-75H2,1-2H3,(H,79,82)/b73-71+. The second-order valence-electron chi connectivity index (χ2n) is 27.1. The topological polar surface area (TPSA) is 69.6 Å². The summed E-state index contributed by atoms with van der Waals surface area (Å²) in [5.74, 6) is -0.0519. The number of hydrogen-bond donors (Lipinski definition) is 3. The Morgan fingerprint density at radius 1 is 0.280 bits per heavy atom. The van der Waals surface area contributed by atoms with Gasteiger partial charge in [0, 0.05) is 6.42 Å². The van der Waals surface area contributed by atoms with Crippen molar-refractivity contribution in [3.8, 4) is 0 Å². The summed E-state index contributed by atoms with van der Waals surface area (Å²) in [5, 5.41) is 23.4. The fraction of sp³-hybridized carbons (Fsp3) is 0.962. The van der Waals surface area contributed by atoms with Gasteiger partial charge < -0.3 is 15.5 Å². The zero-order chi connectivity index (χ0) is 59.1. The van der Waals surface area contributed by atoms with E-state index in [1.54, 1.807) is 6.08 Å². The quantitative estimate of drug-likeness (QED) is 0.0420. The first-order chi connectivity index (χ1) is 40.7. The summed E-state index contributed by atoms with van der Waals surface area (Å²) in [6.45, 7) is 4.37. The second-order valence-corrected chi connectivity index (χ2v) is 27.1. The third-order valence-electron chi connectivity index (χ3n) is 18.8. The van der Waals surface area contributed by atoms with Crippen LogP contribution in [0.15, 0.2) is 12.2 Å². The van der Waals surface area contributed by atoms with Crippen molar-refractivity contribution in [1.29, 1.82) is 0 Å². The van der Waals surface area contributed by atoms with Gasteiger partial charge in [0.1, 0.15) is 0 Å². The molecule has 0 spiro atoms. The van der Waals surface area contributed by atoms with Gasteiger partial charge in [0.25, 0.3) is 0 Å². The number of hydrogen-bond acceptors (Lipinski definition) is 3. The lowest BCUT2D eigenvalue weighted by atomic mass is 10.0. The Labute approximate surface area is 517 Å². The third kappa shape index (κ3) is 69.9. The molecule has 0 aromatic carbocycles. The maximum atomic E-state index is 12.6. The van der Waals surface area contributed by atoms with Crippen LogP contribution in [0.25, 0.3) is 0 Å². The molecular formula is C78H155NO3. The molecule has 0 aliphatic carbocycles. The van der Waals surface area contributed by atoms with E-state index in [4.69, 9.17) is 0 Å². The molecule has 0 rings (SSSR count). The Morgan fingerprint density at radius 2 is 0.451 bits per heavy atom. The van der Waals surface area contributed by atoms with E-state index in [0.717, 1.165) is 25.7 Å². The first kappa shape index (κ1) is 81.1. The molecule has 0 aliphatic heterocycles. The summed E-state index contributed by atoms with van der Waals surface area (Å²) >= 11 is 0. The molecule has 0 aliphatic rings. The summed E-state index contributed by atoms with van der Waals surface area (Å²) in [7, 11) is 0. The molecule has 490 valence electrons. The van der Waals surface area contributed by atoms with E-state index in [9.17, 15) is 15.0 Å². The predicted molar refractivity (Wildman–Crippen MR) is 369 cm³/mol. The molecule has 0 radical (unpaired) electrons. The molecule has 0 saturated heterocycles. The SMILES string of the molecule is CCCCCCCCCCCCCCCCCCCCCCCCCCCCCCCC/C=C/C(O)C(CO)NC(=O)CCCCCCCCCCCCCCCCCCCCCCCCCCCCCCCCCCCCCCCC. The molecule has 0 saturated carbocycles. The van der Waals surface area contributed by atoms with Crippen LogP contribution in [0, 0.1) is 0 Å². The van der Waals surface area contributed by atoms with Crippen LogP contribution >= 0.6 is 0 Å². The molecular weight excluding hydrogens is 999 g/mol. The summed E-state index contributed by atoms with van der Waals surface area (Å²) in [6, 6.07) is -0.620. The van der Waals surface area contributed by atoms with E-state index in [1.165, 1.54) is 417 Å². The van der Waals surface area contributed by atoms with Gasteiger partial charge in [0.05, 0.1) is 18.8 Å². The van der Waals surface area contributed by atoms with Gasteiger partial charge in [0.2, 0.25) is 5.91 Å². The Morgan fingerprint density at radius 3 is 0.634 bits per heavy atom. The highest BCUT2D eigenvalue weighted by Crippen LogP contribution is 2.21. The largest absolute Gasteiger partial charge is 0.394 e. The molecule has 2 unspecified atom stereocenters. The van der Waals surface area contributed by atoms with Crippen molar-refractivity contribution in [2.45, 2.75) is 475 Å². The van der Waals surface area contributed by atoms with Crippen molar-refractivity contribution in [1.82, 2.24) is 5.32 Å². The van der Waals surface area contributed by atoms with Crippen molar-refractivity contribution in [3.05, 3.63) is 12.2 Å².